The highest BCUT2D eigenvalue weighted by Gasteiger charge is 2.70. The average molecular weight is 798 g/mol. The zero-order chi connectivity index (χ0) is 38.3. The number of phenolic OH excluding ortho intramolecular Hbond substituents is 1. The first kappa shape index (κ1) is 36.1. The second kappa shape index (κ2) is 13.1. The molecule has 4 heterocycles. The predicted octanol–water partition coefficient (Wildman–Crippen LogP) is 7.37. The molecule has 4 aromatic rings. The lowest BCUT2D eigenvalue weighted by Gasteiger charge is -2.50. The number of anilines is 1. The summed E-state index contributed by atoms with van der Waals surface area (Å²) in [5, 5.41) is 12.9. The number of carbonyl (C=O) groups excluding carboxylic acids is 4. The Balaban J connectivity index is 1.31. The molecule has 6 atom stereocenters. The Bertz CT molecular complexity index is 2250. The van der Waals surface area contributed by atoms with Gasteiger partial charge in [0.05, 0.1) is 47.4 Å². The van der Waals surface area contributed by atoms with Crippen LogP contribution >= 0.6 is 34.5 Å². The third-order valence-corrected chi connectivity index (χ3v) is 12.5. The lowest BCUT2D eigenvalue weighted by atomic mass is 9.49. The first-order chi connectivity index (χ1) is 25.7. The molecule has 2 N–H and O–H groups in total. The van der Waals surface area contributed by atoms with E-state index < -0.39 is 63.6 Å². The van der Waals surface area contributed by atoms with Crippen LogP contribution in [0.1, 0.15) is 40.3 Å². The van der Waals surface area contributed by atoms with Crippen LogP contribution in [-0.4, -0.2) is 50.7 Å². The number of amides is 4. The Kier molecular flexibility index (Phi) is 8.77. The molecule has 10 nitrogen and oxygen atoms in total. The van der Waals surface area contributed by atoms with Gasteiger partial charge in [0.2, 0.25) is 11.8 Å². The van der Waals surface area contributed by atoms with Crippen molar-refractivity contribution in [3.05, 3.63) is 116 Å². The van der Waals surface area contributed by atoms with E-state index in [9.17, 15) is 32.7 Å². The molecule has 4 amide bonds. The number of hydrogen-bond donors (Lipinski definition) is 2. The highest BCUT2D eigenvalue weighted by molar-refractivity contribution is 7.09. The van der Waals surface area contributed by atoms with Gasteiger partial charge in [0.25, 0.3) is 11.8 Å². The summed E-state index contributed by atoms with van der Waals surface area (Å²) < 4.78 is 46.2. The number of hydrazine groups is 1. The summed E-state index contributed by atoms with van der Waals surface area (Å²) in [5.41, 5.74) is 1.18. The van der Waals surface area contributed by atoms with Gasteiger partial charge in [-0.1, -0.05) is 59.1 Å². The fourth-order valence-corrected chi connectivity index (χ4v) is 9.87. The van der Waals surface area contributed by atoms with E-state index in [0.29, 0.717) is 34.0 Å². The van der Waals surface area contributed by atoms with Crippen molar-refractivity contribution < 1.29 is 42.2 Å². The van der Waals surface area contributed by atoms with E-state index in [4.69, 9.17) is 27.9 Å². The highest BCUT2D eigenvalue weighted by atomic mass is 35.5. The van der Waals surface area contributed by atoms with Crippen molar-refractivity contribution in [3.63, 3.8) is 0 Å². The van der Waals surface area contributed by atoms with Crippen LogP contribution in [0.5, 0.6) is 11.5 Å². The number of alkyl halides is 3. The van der Waals surface area contributed by atoms with E-state index in [0.717, 1.165) is 9.89 Å². The van der Waals surface area contributed by atoms with Crippen molar-refractivity contribution in [3.8, 4) is 11.5 Å². The number of aromatic hydroxyl groups is 1. The molecule has 2 saturated heterocycles. The van der Waals surface area contributed by atoms with E-state index in [-0.39, 0.29) is 48.5 Å². The minimum absolute atomic E-state index is 0.0324. The maximum atomic E-state index is 15.3. The number of ether oxygens (including phenoxy) is 1. The SMILES string of the molecule is COc1cc(O)ccc1[C@H]1C2=CC[C@@H]3C(=O)N(Cc4cccs4)C(=O)[C@@H]3[C@@H]2C[C@H]2C(=O)N(Nc3ncc(C(F)(F)F)cc3Cl)C(=O)[C@@]12c1ccc(Cl)cc1. The number of likely N-dealkylation sites (tertiary alicyclic amines) is 1. The molecule has 278 valence electrons. The Morgan fingerprint density at radius 2 is 1.78 bits per heavy atom. The molecule has 2 aromatic carbocycles. The van der Waals surface area contributed by atoms with Crippen LogP contribution in [0, 0.1) is 23.7 Å². The number of fused-ring (bicyclic) bond motifs is 4. The Morgan fingerprint density at radius 3 is 2.44 bits per heavy atom. The van der Waals surface area contributed by atoms with E-state index in [1.54, 1.807) is 30.3 Å². The number of pyridine rings is 1. The number of rotatable bonds is 7. The molecule has 2 aliphatic carbocycles. The van der Waals surface area contributed by atoms with E-state index in [1.807, 2.05) is 23.6 Å². The molecule has 2 aromatic heterocycles. The average Bonchev–Trinajstić information content (AvgIpc) is 3.80. The number of nitrogens with zero attached hydrogens (tertiary/aromatic N) is 3. The quantitative estimate of drug-likeness (QED) is 0.147. The zero-order valence-corrected chi connectivity index (χ0v) is 30.5. The maximum absolute atomic E-state index is 15.3. The van der Waals surface area contributed by atoms with Gasteiger partial charge in [-0.3, -0.25) is 29.5 Å². The first-order valence-electron chi connectivity index (χ1n) is 16.8. The van der Waals surface area contributed by atoms with Crippen molar-refractivity contribution in [1.82, 2.24) is 14.9 Å². The van der Waals surface area contributed by atoms with Crippen LogP contribution in [0.25, 0.3) is 0 Å². The lowest BCUT2D eigenvalue weighted by molar-refractivity contribution is -0.142. The number of methoxy groups -OCH3 is 1. The second-order valence-corrected chi connectivity index (χ2v) is 15.6. The highest BCUT2D eigenvalue weighted by Crippen LogP contribution is 2.65. The monoisotopic (exact) mass is 796 g/mol. The van der Waals surface area contributed by atoms with Crippen molar-refractivity contribution >= 4 is 64.0 Å². The summed E-state index contributed by atoms with van der Waals surface area (Å²) in [4.78, 5) is 64.3. The third-order valence-electron chi connectivity index (χ3n) is 11.1. The standard InChI is InChI=1S/C38H29Cl2F3N4O6S/c1-53-29-14-21(48)8-9-24(29)31-23-10-11-25-30(35(51)46(33(25)49)17-22-3-2-12-54-22)26(23)15-27-34(50)47(36(52)37(27,31)18-4-6-20(39)7-5-18)45-32-28(40)13-19(16-44-32)38(41,42)43/h2-10,12-14,16,25-27,30-31,48H,11,15,17H2,1H3,(H,44,45)/t25-,26+,27-,30-,31+,37+/m0/s1. The molecule has 4 aliphatic rings. The summed E-state index contributed by atoms with van der Waals surface area (Å²) in [6.45, 7) is 0.105. The Morgan fingerprint density at radius 1 is 1.02 bits per heavy atom. The Hall–Kier alpha value is -4.92. The van der Waals surface area contributed by atoms with Gasteiger partial charge in [-0.05, 0) is 60.0 Å². The summed E-state index contributed by atoms with van der Waals surface area (Å²) in [7, 11) is 1.39. The van der Waals surface area contributed by atoms with Crippen LogP contribution in [0.2, 0.25) is 10.0 Å². The van der Waals surface area contributed by atoms with Gasteiger partial charge in [-0.15, -0.1) is 11.3 Å². The molecule has 0 radical (unpaired) electrons. The second-order valence-electron chi connectivity index (χ2n) is 13.7. The van der Waals surface area contributed by atoms with E-state index in [2.05, 4.69) is 10.4 Å². The van der Waals surface area contributed by atoms with E-state index >= 15 is 4.79 Å². The van der Waals surface area contributed by atoms with Crippen molar-refractivity contribution in [2.75, 3.05) is 12.5 Å². The number of hydrogen-bond acceptors (Lipinski definition) is 9. The summed E-state index contributed by atoms with van der Waals surface area (Å²) in [6.07, 6.45) is -2.18. The van der Waals surface area contributed by atoms with Crippen LogP contribution in [0.15, 0.2) is 83.9 Å². The number of thiophene rings is 1. The molecular weight excluding hydrogens is 768 g/mol. The van der Waals surface area contributed by atoms with Crippen molar-refractivity contribution in [2.45, 2.75) is 36.9 Å². The van der Waals surface area contributed by atoms with Gasteiger partial charge >= 0.3 is 6.18 Å². The minimum Gasteiger partial charge on any atom is -0.508 e. The number of allylic oxidation sites excluding steroid dienone is 2. The molecule has 1 saturated carbocycles. The van der Waals surface area contributed by atoms with Crippen LogP contribution in [0.4, 0.5) is 19.0 Å². The van der Waals surface area contributed by atoms with Gasteiger partial charge < -0.3 is 9.84 Å². The van der Waals surface area contributed by atoms with Crippen LogP contribution in [0.3, 0.4) is 0 Å². The zero-order valence-electron chi connectivity index (χ0n) is 28.1. The van der Waals surface area contributed by atoms with Gasteiger partial charge in [-0.25, -0.2) is 4.98 Å². The van der Waals surface area contributed by atoms with Crippen molar-refractivity contribution in [2.24, 2.45) is 23.7 Å². The van der Waals surface area contributed by atoms with Crippen LogP contribution in [-0.2, 0) is 37.3 Å². The molecule has 8 rings (SSSR count). The molecule has 0 spiro atoms. The Labute approximate surface area is 320 Å². The van der Waals surface area contributed by atoms with Gasteiger partial charge in [-0.2, -0.15) is 18.2 Å². The third kappa shape index (κ3) is 5.48. The van der Waals surface area contributed by atoms with Crippen molar-refractivity contribution in [1.29, 1.82) is 0 Å². The molecule has 16 heteroatoms. The fraction of sp³-hybridized carbons (Fsp3) is 0.289. The molecule has 2 aliphatic heterocycles. The van der Waals surface area contributed by atoms with E-state index in [1.165, 1.54) is 35.5 Å². The normalized spacial score (nSPS) is 26.4. The number of halogens is 5. The molecule has 3 fully saturated rings. The van der Waals surface area contributed by atoms with Gasteiger partial charge in [0, 0.05) is 33.6 Å². The smallest absolute Gasteiger partial charge is 0.417 e. The molecule has 0 unspecified atom stereocenters. The fourth-order valence-electron chi connectivity index (χ4n) is 8.85. The largest absolute Gasteiger partial charge is 0.508 e. The maximum Gasteiger partial charge on any atom is 0.417 e. The first-order valence-corrected chi connectivity index (χ1v) is 18.5. The lowest BCUT2D eigenvalue weighted by Crippen LogP contribution is -2.53. The van der Waals surface area contributed by atoms with Gasteiger partial charge in [0.1, 0.15) is 11.5 Å². The summed E-state index contributed by atoms with van der Waals surface area (Å²) in [5.74, 6) is -6.94. The molecule has 54 heavy (non-hydrogen) atoms. The number of carbonyl (C=O) groups is 4. The predicted molar refractivity (Wildman–Crippen MR) is 191 cm³/mol. The number of aromatic nitrogens is 1. The summed E-state index contributed by atoms with van der Waals surface area (Å²) in [6, 6.07) is 15.1. The van der Waals surface area contributed by atoms with Gasteiger partial charge in [0.15, 0.2) is 5.82 Å². The number of nitrogens with one attached hydrogen (secondary N) is 1. The number of phenols is 1. The summed E-state index contributed by atoms with van der Waals surface area (Å²) >= 11 is 14.0. The van der Waals surface area contributed by atoms with Crippen LogP contribution < -0.4 is 10.2 Å². The molecule has 0 bridgehead atoms. The topological polar surface area (TPSA) is 129 Å². The number of imide groups is 2. The number of benzene rings is 2. The minimum atomic E-state index is -4.75. The molecular formula is C38H29Cl2F3N4O6S.